The van der Waals surface area contributed by atoms with Crippen LogP contribution in [-0.4, -0.2) is 28.7 Å². The Morgan fingerprint density at radius 2 is 2.25 bits per heavy atom. The van der Waals surface area contributed by atoms with Gasteiger partial charge in [0.05, 0.1) is 12.4 Å². The van der Waals surface area contributed by atoms with Crippen molar-refractivity contribution in [2.45, 2.75) is 0 Å². The minimum absolute atomic E-state index is 0.196. The number of halogens is 1. The molecule has 2 rings (SSSR count). The van der Waals surface area contributed by atoms with Gasteiger partial charge in [0.1, 0.15) is 0 Å². The van der Waals surface area contributed by atoms with E-state index >= 15 is 0 Å². The molecule has 0 radical (unpaired) electrons. The van der Waals surface area contributed by atoms with Gasteiger partial charge in [-0.25, -0.2) is 10.4 Å². The summed E-state index contributed by atoms with van der Waals surface area (Å²) in [4.78, 5) is 19.1. The molecule has 1 N–H and O–H groups in total. The molecule has 0 unspecified atom stereocenters. The molecular formula is C13H11ClN4O2. The Morgan fingerprint density at radius 1 is 1.40 bits per heavy atom. The van der Waals surface area contributed by atoms with Crippen LogP contribution in [0.3, 0.4) is 0 Å². The average Bonchev–Trinajstić information content (AvgIpc) is 2.48. The zero-order valence-electron chi connectivity index (χ0n) is 10.4. The molecular weight excluding hydrogens is 280 g/mol. The Hall–Kier alpha value is -2.47. The Balaban J connectivity index is 1.79. The van der Waals surface area contributed by atoms with E-state index in [2.05, 4.69) is 20.5 Å². The number of aromatic nitrogens is 2. The number of carbonyl (C=O) groups is 1. The molecule has 0 aliphatic heterocycles. The van der Waals surface area contributed by atoms with Crippen LogP contribution in [0.2, 0.25) is 5.02 Å². The van der Waals surface area contributed by atoms with Crippen molar-refractivity contribution in [3.63, 3.8) is 0 Å². The molecule has 1 aromatic heterocycles. The number of hydrazone groups is 1. The zero-order valence-corrected chi connectivity index (χ0v) is 11.1. The van der Waals surface area contributed by atoms with E-state index in [0.29, 0.717) is 10.6 Å². The van der Waals surface area contributed by atoms with Crippen LogP contribution in [0.25, 0.3) is 0 Å². The Morgan fingerprint density at radius 3 is 3.00 bits per heavy atom. The van der Waals surface area contributed by atoms with E-state index in [9.17, 15) is 4.79 Å². The Labute approximate surface area is 120 Å². The van der Waals surface area contributed by atoms with Crippen molar-refractivity contribution < 1.29 is 9.53 Å². The fourth-order valence-corrected chi connectivity index (χ4v) is 1.47. The van der Waals surface area contributed by atoms with Crippen molar-refractivity contribution in [2.24, 2.45) is 5.10 Å². The monoisotopic (exact) mass is 290 g/mol. The summed E-state index contributed by atoms with van der Waals surface area (Å²) < 4.78 is 5.11. The van der Waals surface area contributed by atoms with Crippen LogP contribution in [-0.2, 0) is 4.79 Å². The average molecular weight is 291 g/mol. The molecule has 0 bridgehead atoms. The third-order valence-corrected chi connectivity index (χ3v) is 2.53. The Kier molecular flexibility index (Phi) is 5.02. The molecule has 0 saturated carbocycles. The van der Waals surface area contributed by atoms with Crippen LogP contribution in [0.1, 0.15) is 5.56 Å². The molecule has 0 spiro atoms. The Bertz CT molecular complexity index is 604. The molecule has 1 heterocycles. The van der Waals surface area contributed by atoms with E-state index in [-0.39, 0.29) is 12.5 Å². The van der Waals surface area contributed by atoms with Crippen molar-refractivity contribution in [1.82, 2.24) is 15.4 Å². The maximum absolute atomic E-state index is 11.5. The largest absolute Gasteiger partial charge is 0.466 e. The predicted octanol–water partition coefficient (Wildman–Crippen LogP) is 1.66. The second kappa shape index (κ2) is 7.20. The zero-order chi connectivity index (χ0) is 14.2. The van der Waals surface area contributed by atoms with Crippen molar-refractivity contribution >= 4 is 23.7 Å². The number of rotatable bonds is 5. The summed E-state index contributed by atoms with van der Waals surface area (Å²) >= 11 is 5.94. The number of amides is 1. The summed E-state index contributed by atoms with van der Waals surface area (Å²) in [5, 5.41) is 4.35. The van der Waals surface area contributed by atoms with E-state index in [4.69, 9.17) is 16.3 Å². The molecule has 0 aliphatic carbocycles. The van der Waals surface area contributed by atoms with Crippen LogP contribution in [0, 0.1) is 0 Å². The highest BCUT2D eigenvalue weighted by Crippen LogP contribution is 2.11. The normalized spacial score (nSPS) is 10.4. The molecule has 0 atom stereocenters. The van der Waals surface area contributed by atoms with Gasteiger partial charge in [0.15, 0.2) is 6.61 Å². The molecule has 7 heteroatoms. The molecule has 2 aromatic rings. The van der Waals surface area contributed by atoms with Crippen LogP contribution in [0.15, 0.2) is 48.0 Å². The standard InChI is InChI=1S/C13H11ClN4O2/c14-11-4-2-1-3-10(11)7-17-18-12(19)9-20-13-8-15-5-6-16-13/h1-8H,9H2,(H,18,19)/b17-7+. The minimum Gasteiger partial charge on any atom is -0.466 e. The minimum atomic E-state index is -0.404. The third kappa shape index (κ3) is 4.33. The summed E-state index contributed by atoms with van der Waals surface area (Å²) in [5.74, 6) is -0.128. The van der Waals surface area contributed by atoms with Gasteiger partial charge in [-0.2, -0.15) is 5.10 Å². The fraction of sp³-hybridized carbons (Fsp3) is 0.0769. The summed E-state index contributed by atoms with van der Waals surface area (Å²) in [6.45, 7) is -0.196. The first-order chi connectivity index (χ1) is 9.75. The smallest absolute Gasteiger partial charge is 0.278 e. The first-order valence-corrected chi connectivity index (χ1v) is 6.09. The van der Waals surface area contributed by atoms with E-state index in [0.717, 1.165) is 0 Å². The van der Waals surface area contributed by atoms with Gasteiger partial charge in [-0.1, -0.05) is 29.8 Å². The highest BCUT2D eigenvalue weighted by molar-refractivity contribution is 6.33. The lowest BCUT2D eigenvalue weighted by molar-refractivity contribution is -0.123. The first-order valence-electron chi connectivity index (χ1n) is 5.71. The van der Waals surface area contributed by atoms with Gasteiger partial charge in [0, 0.05) is 23.0 Å². The predicted molar refractivity (Wildman–Crippen MR) is 74.7 cm³/mol. The van der Waals surface area contributed by atoms with Gasteiger partial charge >= 0.3 is 0 Å². The second-order valence-corrected chi connectivity index (χ2v) is 4.05. The number of hydrogen-bond acceptors (Lipinski definition) is 5. The highest BCUT2D eigenvalue weighted by atomic mass is 35.5. The number of carbonyl (C=O) groups excluding carboxylic acids is 1. The maximum Gasteiger partial charge on any atom is 0.278 e. The lowest BCUT2D eigenvalue weighted by atomic mass is 10.2. The van der Waals surface area contributed by atoms with Gasteiger partial charge in [-0.05, 0) is 6.07 Å². The van der Waals surface area contributed by atoms with Gasteiger partial charge in [0.2, 0.25) is 5.88 Å². The second-order valence-electron chi connectivity index (χ2n) is 3.65. The number of nitrogens with zero attached hydrogens (tertiary/aromatic N) is 3. The molecule has 1 amide bonds. The molecule has 6 nitrogen and oxygen atoms in total. The molecule has 102 valence electrons. The van der Waals surface area contributed by atoms with E-state index in [1.54, 1.807) is 12.1 Å². The molecule has 1 aromatic carbocycles. The summed E-state index contributed by atoms with van der Waals surface area (Å²) in [6, 6.07) is 7.16. The van der Waals surface area contributed by atoms with Gasteiger partial charge in [0.25, 0.3) is 5.91 Å². The quantitative estimate of drug-likeness (QED) is 0.671. The van der Waals surface area contributed by atoms with Crippen molar-refractivity contribution in [1.29, 1.82) is 0 Å². The van der Waals surface area contributed by atoms with Crippen LogP contribution >= 0.6 is 11.6 Å². The number of nitrogens with one attached hydrogen (secondary N) is 1. The van der Waals surface area contributed by atoms with Gasteiger partial charge < -0.3 is 4.74 Å². The van der Waals surface area contributed by atoms with Crippen molar-refractivity contribution in [2.75, 3.05) is 6.61 Å². The summed E-state index contributed by atoms with van der Waals surface area (Å²) in [6.07, 6.45) is 5.87. The van der Waals surface area contributed by atoms with Gasteiger partial charge in [-0.3, -0.25) is 9.78 Å². The third-order valence-electron chi connectivity index (χ3n) is 2.19. The lowest BCUT2D eigenvalue weighted by Gasteiger charge is -2.02. The SMILES string of the molecule is O=C(COc1cnccn1)N/N=C/c1ccccc1Cl. The van der Waals surface area contributed by atoms with E-state index < -0.39 is 5.91 Å². The fourth-order valence-electron chi connectivity index (χ4n) is 1.29. The van der Waals surface area contributed by atoms with Crippen LogP contribution in [0.5, 0.6) is 5.88 Å². The number of benzene rings is 1. The lowest BCUT2D eigenvalue weighted by Crippen LogP contribution is -2.24. The maximum atomic E-state index is 11.5. The summed E-state index contributed by atoms with van der Waals surface area (Å²) in [7, 11) is 0. The van der Waals surface area contributed by atoms with Gasteiger partial charge in [-0.15, -0.1) is 0 Å². The number of hydrogen-bond donors (Lipinski definition) is 1. The highest BCUT2D eigenvalue weighted by Gasteiger charge is 2.02. The van der Waals surface area contributed by atoms with E-state index in [1.165, 1.54) is 24.8 Å². The van der Waals surface area contributed by atoms with Crippen molar-refractivity contribution in [3.8, 4) is 5.88 Å². The summed E-state index contributed by atoms with van der Waals surface area (Å²) in [5.41, 5.74) is 3.04. The molecule has 0 aliphatic rings. The first kappa shape index (κ1) is 14.0. The van der Waals surface area contributed by atoms with E-state index in [1.807, 2.05) is 12.1 Å². The number of ether oxygens (including phenoxy) is 1. The topological polar surface area (TPSA) is 76.5 Å². The molecule has 0 saturated heterocycles. The molecule has 20 heavy (non-hydrogen) atoms. The van der Waals surface area contributed by atoms with Crippen molar-refractivity contribution in [3.05, 3.63) is 53.4 Å². The van der Waals surface area contributed by atoms with Crippen LogP contribution < -0.4 is 10.2 Å². The molecule has 0 fully saturated rings. The van der Waals surface area contributed by atoms with Crippen LogP contribution in [0.4, 0.5) is 0 Å².